The molecule has 13 heavy (non-hydrogen) atoms. The van der Waals surface area contributed by atoms with E-state index in [2.05, 4.69) is 39.8 Å². The van der Waals surface area contributed by atoms with Gasteiger partial charge in [-0.1, -0.05) is 20.4 Å². The number of quaternary nitrogens is 1. The molecule has 0 aliphatic rings. The summed E-state index contributed by atoms with van der Waals surface area (Å²) in [4.78, 5) is 10.9. The highest BCUT2D eigenvalue weighted by Gasteiger charge is 2.16. The standard InChI is InChI=1S/C10H20N2O/c1-6-10(13)11-8-12(4,5)7-9(2)3/h6,9H,1,7-8H2,2-5H3/p+1. The Morgan fingerprint density at radius 3 is 2.46 bits per heavy atom. The maximum atomic E-state index is 10.9. The fourth-order valence-corrected chi connectivity index (χ4v) is 1.42. The second kappa shape index (κ2) is 5.02. The summed E-state index contributed by atoms with van der Waals surface area (Å²) in [5, 5.41) is 2.79. The maximum absolute atomic E-state index is 10.9. The molecule has 0 atom stereocenters. The van der Waals surface area contributed by atoms with Gasteiger partial charge in [-0.15, -0.1) is 0 Å². The van der Waals surface area contributed by atoms with Crippen molar-refractivity contribution in [2.24, 2.45) is 5.92 Å². The predicted octanol–water partition coefficient (Wildman–Crippen LogP) is 0.978. The van der Waals surface area contributed by atoms with E-state index in [0.29, 0.717) is 12.6 Å². The van der Waals surface area contributed by atoms with Crippen molar-refractivity contribution in [3.8, 4) is 0 Å². The zero-order valence-corrected chi connectivity index (χ0v) is 9.13. The topological polar surface area (TPSA) is 29.1 Å². The van der Waals surface area contributed by atoms with Gasteiger partial charge in [0.1, 0.15) is 0 Å². The lowest BCUT2D eigenvalue weighted by atomic mass is 10.2. The summed E-state index contributed by atoms with van der Waals surface area (Å²) in [6.45, 7) is 9.46. The van der Waals surface area contributed by atoms with Gasteiger partial charge in [0.15, 0.2) is 6.67 Å². The second-order valence-electron chi connectivity index (χ2n) is 4.42. The van der Waals surface area contributed by atoms with Crippen molar-refractivity contribution >= 4 is 5.91 Å². The number of hydrogen-bond donors (Lipinski definition) is 1. The number of nitrogens with zero attached hydrogens (tertiary/aromatic N) is 1. The summed E-state index contributed by atoms with van der Waals surface area (Å²) in [6.07, 6.45) is 1.30. The van der Waals surface area contributed by atoms with E-state index in [1.54, 1.807) is 0 Å². The van der Waals surface area contributed by atoms with Gasteiger partial charge in [0.05, 0.1) is 20.6 Å². The van der Waals surface area contributed by atoms with Crippen molar-refractivity contribution in [1.29, 1.82) is 0 Å². The minimum absolute atomic E-state index is 0.102. The summed E-state index contributed by atoms with van der Waals surface area (Å²) in [5.74, 6) is 0.533. The van der Waals surface area contributed by atoms with Crippen molar-refractivity contribution < 1.29 is 9.28 Å². The minimum atomic E-state index is -0.102. The molecule has 0 rings (SSSR count). The fourth-order valence-electron chi connectivity index (χ4n) is 1.42. The molecule has 0 fully saturated rings. The molecule has 0 aromatic heterocycles. The molecule has 0 aliphatic carbocycles. The van der Waals surface area contributed by atoms with Crippen LogP contribution in [0.3, 0.4) is 0 Å². The van der Waals surface area contributed by atoms with Crippen LogP contribution in [0, 0.1) is 5.92 Å². The molecule has 0 radical (unpaired) electrons. The molecule has 0 aromatic carbocycles. The Morgan fingerprint density at radius 1 is 1.54 bits per heavy atom. The molecule has 0 spiro atoms. The second-order valence-corrected chi connectivity index (χ2v) is 4.42. The van der Waals surface area contributed by atoms with E-state index in [4.69, 9.17) is 0 Å². The first kappa shape index (κ1) is 12.2. The zero-order valence-electron chi connectivity index (χ0n) is 9.13. The molecule has 0 heterocycles. The summed E-state index contributed by atoms with van der Waals surface area (Å²) < 4.78 is 0.803. The lowest BCUT2D eigenvalue weighted by Crippen LogP contribution is -2.49. The van der Waals surface area contributed by atoms with E-state index in [1.165, 1.54) is 6.08 Å². The molecule has 0 saturated carbocycles. The van der Waals surface area contributed by atoms with Crippen molar-refractivity contribution in [3.05, 3.63) is 12.7 Å². The van der Waals surface area contributed by atoms with Crippen LogP contribution in [0.4, 0.5) is 0 Å². The van der Waals surface area contributed by atoms with E-state index in [9.17, 15) is 4.79 Å². The maximum Gasteiger partial charge on any atom is 0.247 e. The Kier molecular flexibility index (Phi) is 4.70. The van der Waals surface area contributed by atoms with Gasteiger partial charge in [0.2, 0.25) is 5.91 Å². The predicted molar refractivity (Wildman–Crippen MR) is 55.0 cm³/mol. The molecule has 76 valence electrons. The van der Waals surface area contributed by atoms with Gasteiger partial charge in [0.25, 0.3) is 0 Å². The van der Waals surface area contributed by atoms with E-state index >= 15 is 0 Å². The highest BCUT2D eigenvalue weighted by molar-refractivity contribution is 5.86. The third-order valence-corrected chi connectivity index (χ3v) is 1.73. The van der Waals surface area contributed by atoms with E-state index < -0.39 is 0 Å². The average Bonchev–Trinajstić information content (AvgIpc) is 1.98. The molecular weight excluding hydrogens is 164 g/mol. The van der Waals surface area contributed by atoms with Crippen LogP contribution in [0.5, 0.6) is 0 Å². The Morgan fingerprint density at radius 2 is 2.08 bits per heavy atom. The fraction of sp³-hybridized carbons (Fsp3) is 0.700. The van der Waals surface area contributed by atoms with E-state index in [1.807, 2.05) is 0 Å². The summed E-state index contributed by atoms with van der Waals surface area (Å²) in [5.41, 5.74) is 0. The number of rotatable bonds is 5. The molecule has 0 bridgehead atoms. The third kappa shape index (κ3) is 6.34. The molecule has 3 heteroatoms. The number of hydrogen-bond acceptors (Lipinski definition) is 1. The monoisotopic (exact) mass is 185 g/mol. The van der Waals surface area contributed by atoms with Gasteiger partial charge in [-0.25, -0.2) is 0 Å². The number of amides is 1. The van der Waals surface area contributed by atoms with Crippen LogP contribution in [0.1, 0.15) is 13.8 Å². The summed E-state index contributed by atoms with van der Waals surface area (Å²) in [7, 11) is 4.20. The number of carbonyl (C=O) groups is 1. The van der Waals surface area contributed by atoms with E-state index in [-0.39, 0.29) is 5.91 Å². The normalized spacial score (nSPS) is 11.5. The summed E-state index contributed by atoms with van der Waals surface area (Å²) >= 11 is 0. The van der Waals surface area contributed by atoms with Crippen LogP contribution in [-0.4, -0.2) is 37.7 Å². The largest absolute Gasteiger partial charge is 0.311 e. The minimum Gasteiger partial charge on any atom is -0.311 e. The smallest absolute Gasteiger partial charge is 0.247 e. The average molecular weight is 185 g/mol. The molecular formula is C10H21N2O+. The van der Waals surface area contributed by atoms with Crippen LogP contribution in [0.25, 0.3) is 0 Å². The van der Waals surface area contributed by atoms with Crippen molar-refractivity contribution in [2.75, 3.05) is 27.3 Å². The van der Waals surface area contributed by atoms with Crippen molar-refractivity contribution in [3.63, 3.8) is 0 Å². The first-order valence-electron chi connectivity index (χ1n) is 4.59. The van der Waals surface area contributed by atoms with Crippen molar-refractivity contribution in [1.82, 2.24) is 5.32 Å². The molecule has 1 amide bonds. The highest BCUT2D eigenvalue weighted by atomic mass is 16.1. The lowest BCUT2D eigenvalue weighted by Gasteiger charge is -2.31. The van der Waals surface area contributed by atoms with E-state index in [0.717, 1.165) is 11.0 Å². The van der Waals surface area contributed by atoms with Crippen LogP contribution < -0.4 is 5.32 Å². The molecule has 0 unspecified atom stereocenters. The Hall–Kier alpha value is -0.830. The molecule has 0 aliphatic heterocycles. The molecule has 1 N–H and O–H groups in total. The Bertz CT molecular complexity index is 185. The van der Waals surface area contributed by atoms with Crippen LogP contribution in [0.2, 0.25) is 0 Å². The zero-order chi connectivity index (χ0) is 10.5. The van der Waals surface area contributed by atoms with Gasteiger partial charge in [-0.3, -0.25) is 4.79 Å². The lowest BCUT2D eigenvalue weighted by molar-refractivity contribution is -0.895. The Labute approximate surface area is 81.0 Å². The number of nitrogens with one attached hydrogen (secondary N) is 1. The van der Waals surface area contributed by atoms with Gasteiger partial charge in [0, 0.05) is 5.92 Å². The highest BCUT2D eigenvalue weighted by Crippen LogP contribution is 2.02. The SMILES string of the molecule is C=CC(=O)NC[N+](C)(C)CC(C)C. The van der Waals surface area contributed by atoms with Gasteiger partial charge in [-0.2, -0.15) is 0 Å². The summed E-state index contributed by atoms with van der Waals surface area (Å²) in [6, 6.07) is 0. The molecule has 0 aromatic rings. The van der Waals surface area contributed by atoms with Gasteiger partial charge >= 0.3 is 0 Å². The third-order valence-electron chi connectivity index (χ3n) is 1.73. The van der Waals surface area contributed by atoms with Crippen LogP contribution >= 0.6 is 0 Å². The molecule has 0 saturated heterocycles. The van der Waals surface area contributed by atoms with Gasteiger partial charge < -0.3 is 9.80 Å². The number of carbonyl (C=O) groups excluding carboxylic acids is 1. The van der Waals surface area contributed by atoms with Crippen LogP contribution in [-0.2, 0) is 4.79 Å². The first-order valence-corrected chi connectivity index (χ1v) is 4.59. The van der Waals surface area contributed by atoms with Gasteiger partial charge in [-0.05, 0) is 6.08 Å². The quantitative estimate of drug-likeness (QED) is 0.386. The Balaban J connectivity index is 3.88. The van der Waals surface area contributed by atoms with Crippen molar-refractivity contribution in [2.45, 2.75) is 13.8 Å². The molecule has 3 nitrogen and oxygen atoms in total. The van der Waals surface area contributed by atoms with Crippen LogP contribution in [0.15, 0.2) is 12.7 Å². The first-order chi connectivity index (χ1) is 5.87.